The number of esters is 1. The van der Waals surface area contributed by atoms with E-state index in [1.165, 1.54) is 36.9 Å². The van der Waals surface area contributed by atoms with E-state index in [0.29, 0.717) is 16.7 Å². The zero-order chi connectivity index (χ0) is 24.6. The van der Waals surface area contributed by atoms with Crippen molar-refractivity contribution in [3.63, 3.8) is 0 Å². The van der Waals surface area contributed by atoms with Crippen LogP contribution in [-0.2, 0) is 11.3 Å². The highest BCUT2D eigenvalue weighted by molar-refractivity contribution is 5.99. The molecule has 1 saturated heterocycles. The first-order valence-electron chi connectivity index (χ1n) is 11.3. The van der Waals surface area contributed by atoms with E-state index in [4.69, 9.17) is 0 Å². The number of piperazine rings is 1. The first kappa shape index (κ1) is 23.9. The Morgan fingerprint density at radius 3 is 1.83 bits per heavy atom. The van der Waals surface area contributed by atoms with Crippen molar-refractivity contribution in [2.75, 3.05) is 38.2 Å². The molecule has 2 amide bonds. The first-order chi connectivity index (χ1) is 17.0. The second-order valence-electron chi connectivity index (χ2n) is 8.14. The van der Waals surface area contributed by atoms with Crippen LogP contribution in [0.25, 0.3) is 0 Å². The molecule has 1 aliphatic rings. The van der Waals surface area contributed by atoms with Crippen molar-refractivity contribution < 1.29 is 19.1 Å². The lowest BCUT2D eigenvalue weighted by atomic mass is 10.1. The molecule has 0 unspecified atom stereocenters. The summed E-state index contributed by atoms with van der Waals surface area (Å²) in [5.41, 5.74) is 8.20. The number of benzene rings is 2. The molecule has 0 saturated carbocycles. The molecule has 35 heavy (non-hydrogen) atoms. The van der Waals surface area contributed by atoms with Crippen LogP contribution in [0.15, 0.2) is 73.1 Å². The number of aromatic nitrogens is 1. The summed E-state index contributed by atoms with van der Waals surface area (Å²) in [5, 5.41) is 0. The number of hydrogen-bond donors (Lipinski definition) is 2. The van der Waals surface area contributed by atoms with Crippen LogP contribution < -0.4 is 15.8 Å². The molecule has 1 aliphatic heterocycles. The molecule has 2 heterocycles. The predicted molar refractivity (Wildman–Crippen MR) is 131 cm³/mol. The van der Waals surface area contributed by atoms with E-state index in [1.54, 1.807) is 12.1 Å². The fourth-order valence-electron chi connectivity index (χ4n) is 3.87. The molecule has 2 N–H and O–H groups in total. The Labute approximate surface area is 203 Å². The Morgan fingerprint density at radius 2 is 1.29 bits per heavy atom. The van der Waals surface area contributed by atoms with Gasteiger partial charge in [0.2, 0.25) is 0 Å². The highest BCUT2D eigenvalue weighted by atomic mass is 16.5. The summed E-state index contributed by atoms with van der Waals surface area (Å²) >= 11 is 0. The maximum absolute atomic E-state index is 12.5. The second-order valence-corrected chi connectivity index (χ2v) is 8.14. The van der Waals surface area contributed by atoms with Crippen LogP contribution in [0.4, 0.5) is 5.69 Å². The van der Waals surface area contributed by atoms with Gasteiger partial charge in [-0.2, -0.15) is 0 Å². The van der Waals surface area contributed by atoms with Crippen molar-refractivity contribution in [2.24, 2.45) is 0 Å². The number of carbonyl (C=O) groups is 3. The van der Waals surface area contributed by atoms with Crippen LogP contribution in [0.2, 0.25) is 0 Å². The van der Waals surface area contributed by atoms with Crippen LogP contribution >= 0.6 is 0 Å². The van der Waals surface area contributed by atoms with Crippen LogP contribution in [0, 0.1) is 0 Å². The Kier molecular flexibility index (Phi) is 7.69. The highest BCUT2D eigenvalue weighted by Crippen LogP contribution is 2.18. The summed E-state index contributed by atoms with van der Waals surface area (Å²) in [7, 11) is 1.29. The third-order valence-electron chi connectivity index (χ3n) is 5.88. The molecule has 2 aromatic carbocycles. The first-order valence-corrected chi connectivity index (χ1v) is 11.3. The molecular weight excluding hydrogens is 446 g/mol. The van der Waals surface area contributed by atoms with Gasteiger partial charge in [-0.15, -0.1) is 0 Å². The monoisotopic (exact) mass is 473 g/mol. The summed E-state index contributed by atoms with van der Waals surface area (Å²) in [6.07, 6.45) is 3.64. The van der Waals surface area contributed by atoms with Crippen LogP contribution in [0.1, 0.15) is 36.6 Å². The smallest absolute Gasteiger partial charge is 0.337 e. The van der Waals surface area contributed by atoms with Gasteiger partial charge in [0.05, 0.1) is 12.7 Å². The normalized spacial score (nSPS) is 13.7. The number of amides is 2. The minimum Gasteiger partial charge on any atom is -0.465 e. The molecule has 1 aromatic heterocycles. The predicted octanol–water partition coefficient (Wildman–Crippen LogP) is 2.27. The number of hydrazine groups is 1. The average molecular weight is 474 g/mol. The molecule has 0 aliphatic carbocycles. The van der Waals surface area contributed by atoms with Gasteiger partial charge >= 0.3 is 5.97 Å². The summed E-state index contributed by atoms with van der Waals surface area (Å²) < 4.78 is 4.63. The van der Waals surface area contributed by atoms with Crippen LogP contribution in [-0.4, -0.2) is 61.0 Å². The summed E-state index contributed by atoms with van der Waals surface area (Å²) in [6, 6.07) is 17.3. The molecule has 180 valence electrons. The minimum atomic E-state index is -0.490. The molecular formula is C26H27N5O4. The zero-order valence-electron chi connectivity index (χ0n) is 19.4. The van der Waals surface area contributed by atoms with E-state index < -0.39 is 17.8 Å². The number of pyridine rings is 1. The lowest BCUT2D eigenvalue weighted by Crippen LogP contribution is -2.46. The van der Waals surface area contributed by atoms with Crippen molar-refractivity contribution in [3.05, 3.63) is 95.3 Å². The number of hydrogen-bond acceptors (Lipinski definition) is 7. The van der Waals surface area contributed by atoms with Gasteiger partial charge in [0.15, 0.2) is 0 Å². The van der Waals surface area contributed by atoms with Crippen molar-refractivity contribution in [1.82, 2.24) is 20.7 Å². The van der Waals surface area contributed by atoms with E-state index in [2.05, 4.69) is 30.4 Å². The Morgan fingerprint density at radius 1 is 0.771 bits per heavy atom. The average Bonchev–Trinajstić information content (AvgIpc) is 2.92. The maximum atomic E-state index is 12.5. The SMILES string of the molecule is COC(=O)c1ccc(C(=O)NNC(=O)c2ccc(N3CCN(Cc4ccncc4)CC3)cc2)cc1. The standard InChI is InChI=1S/C26H27N5O4/c1-35-26(34)22-4-2-20(3-5-22)24(32)28-29-25(33)21-6-8-23(9-7-21)31-16-14-30(15-17-31)18-19-10-12-27-13-11-19/h2-13H,14-18H2,1H3,(H,28,32)(H,29,33). The fourth-order valence-corrected chi connectivity index (χ4v) is 3.87. The summed E-state index contributed by atoms with van der Waals surface area (Å²) in [6.45, 7) is 4.63. The number of rotatable bonds is 6. The van der Waals surface area contributed by atoms with Gasteiger partial charge < -0.3 is 9.64 Å². The number of carbonyl (C=O) groups excluding carboxylic acids is 3. The molecule has 0 radical (unpaired) electrons. The fraction of sp³-hybridized carbons (Fsp3) is 0.231. The second kappa shape index (κ2) is 11.3. The van der Waals surface area contributed by atoms with Crippen molar-refractivity contribution in [2.45, 2.75) is 6.54 Å². The zero-order valence-corrected chi connectivity index (χ0v) is 19.4. The van der Waals surface area contributed by atoms with Gasteiger partial charge in [-0.3, -0.25) is 30.3 Å². The summed E-state index contributed by atoms with van der Waals surface area (Å²) in [5.74, 6) is -1.39. The van der Waals surface area contributed by atoms with E-state index in [1.807, 2.05) is 36.7 Å². The molecule has 9 nitrogen and oxygen atoms in total. The molecule has 9 heteroatoms. The molecule has 0 spiro atoms. The summed E-state index contributed by atoms with van der Waals surface area (Å²) in [4.78, 5) is 45.0. The van der Waals surface area contributed by atoms with Gasteiger partial charge in [0, 0.05) is 61.9 Å². The maximum Gasteiger partial charge on any atom is 0.337 e. The third-order valence-corrected chi connectivity index (χ3v) is 5.88. The van der Waals surface area contributed by atoms with Crippen molar-refractivity contribution in [1.29, 1.82) is 0 Å². The lowest BCUT2D eigenvalue weighted by molar-refractivity contribution is 0.0600. The molecule has 0 bridgehead atoms. The largest absolute Gasteiger partial charge is 0.465 e. The van der Waals surface area contributed by atoms with E-state index in [0.717, 1.165) is 38.4 Å². The van der Waals surface area contributed by atoms with E-state index in [-0.39, 0.29) is 0 Å². The minimum absolute atomic E-state index is 0.302. The van der Waals surface area contributed by atoms with Crippen LogP contribution in [0.3, 0.4) is 0 Å². The molecule has 3 aromatic rings. The van der Waals surface area contributed by atoms with Gasteiger partial charge in [-0.1, -0.05) is 0 Å². The van der Waals surface area contributed by atoms with Crippen molar-refractivity contribution >= 4 is 23.5 Å². The van der Waals surface area contributed by atoms with Gasteiger partial charge in [-0.25, -0.2) is 4.79 Å². The topological polar surface area (TPSA) is 104 Å². The number of nitrogens with zero attached hydrogens (tertiary/aromatic N) is 3. The molecule has 0 atom stereocenters. The van der Waals surface area contributed by atoms with E-state index in [9.17, 15) is 14.4 Å². The van der Waals surface area contributed by atoms with Crippen LogP contribution in [0.5, 0.6) is 0 Å². The number of nitrogens with one attached hydrogen (secondary N) is 2. The van der Waals surface area contributed by atoms with E-state index >= 15 is 0 Å². The molecule has 4 rings (SSSR count). The Balaban J connectivity index is 1.25. The number of ether oxygens (including phenoxy) is 1. The Hall–Kier alpha value is -4.24. The quantitative estimate of drug-likeness (QED) is 0.418. The van der Waals surface area contributed by atoms with Gasteiger partial charge in [0.1, 0.15) is 0 Å². The molecule has 1 fully saturated rings. The van der Waals surface area contributed by atoms with Gasteiger partial charge in [0.25, 0.3) is 11.8 Å². The third kappa shape index (κ3) is 6.21. The van der Waals surface area contributed by atoms with Gasteiger partial charge in [-0.05, 0) is 66.2 Å². The number of methoxy groups -OCH3 is 1. The Bertz CT molecular complexity index is 1160. The van der Waals surface area contributed by atoms with Crippen molar-refractivity contribution in [3.8, 4) is 0 Å². The lowest BCUT2D eigenvalue weighted by Gasteiger charge is -2.36. The highest BCUT2D eigenvalue weighted by Gasteiger charge is 2.18. The number of anilines is 1.